The van der Waals surface area contributed by atoms with Crippen LogP contribution in [0.25, 0.3) is 0 Å². The quantitative estimate of drug-likeness (QED) is 0.835. The van der Waals surface area contributed by atoms with Gasteiger partial charge in [0.1, 0.15) is 5.69 Å². The molecule has 6 nitrogen and oxygen atoms in total. The number of hydrogen-bond acceptors (Lipinski definition) is 3. The maximum absolute atomic E-state index is 13.2. The van der Waals surface area contributed by atoms with Crippen LogP contribution in [0.5, 0.6) is 0 Å². The first kappa shape index (κ1) is 17.8. The fourth-order valence-corrected chi connectivity index (χ4v) is 4.32. The van der Waals surface area contributed by atoms with E-state index in [4.69, 9.17) is 0 Å². The number of aromatic nitrogens is 2. The van der Waals surface area contributed by atoms with Crippen LogP contribution in [0.1, 0.15) is 41.5 Å². The van der Waals surface area contributed by atoms with E-state index in [1.807, 2.05) is 47.9 Å². The number of benzene rings is 1. The molecule has 2 amide bonds. The lowest BCUT2D eigenvalue weighted by Gasteiger charge is -2.36. The molecule has 2 bridgehead atoms. The Morgan fingerprint density at radius 3 is 2.70 bits per heavy atom. The van der Waals surface area contributed by atoms with Crippen LogP contribution < -0.4 is 0 Å². The third kappa shape index (κ3) is 3.36. The molecule has 2 aromatic rings. The fourth-order valence-electron chi connectivity index (χ4n) is 4.32. The van der Waals surface area contributed by atoms with E-state index in [0.29, 0.717) is 31.9 Å². The molecule has 3 fully saturated rings. The van der Waals surface area contributed by atoms with Crippen molar-refractivity contribution in [2.75, 3.05) is 13.1 Å². The summed E-state index contributed by atoms with van der Waals surface area (Å²) in [5.74, 6) is 0.0739. The molecule has 2 atom stereocenters. The number of carbonyl (C=O) groups is 2. The molecular weight excluding hydrogens is 340 g/mol. The van der Waals surface area contributed by atoms with Gasteiger partial charge in [-0.25, -0.2) is 0 Å². The van der Waals surface area contributed by atoms with Crippen LogP contribution in [0, 0.1) is 12.8 Å². The van der Waals surface area contributed by atoms with E-state index in [1.165, 1.54) is 0 Å². The van der Waals surface area contributed by atoms with Crippen molar-refractivity contribution < 1.29 is 9.59 Å². The largest absolute Gasteiger partial charge is 0.334 e. The molecule has 0 radical (unpaired) electrons. The van der Waals surface area contributed by atoms with Crippen molar-refractivity contribution in [3.05, 3.63) is 53.3 Å². The van der Waals surface area contributed by atoms with Crippen molar-refractivity contribution in [3.8, 4) is 0 Å². The minimum atomic E-state index is -0.101. The van der Waals surface area contributed by atoms with E-state index in [-0.39, 0.29) is 23.8 Å². The summed E-state index contributed by atoms with van der Waals surface area (Å²) in [7, 11) is 0. The number of piperidine rings is 1. The first-order valence-electron chi connectivity index (χ1n) is 9.75. The van der Waals surface area contributed by atoms with Gasteiger partial charge < -0.3 is 9.80 Å². The SMILES string of the molecule is CCn1nc(C)cc1C(=O)N1C[C@H]2CC[C@@H](C1)N(Cc1ccccc1)C2=O. The molecule has 1 aromatic heterocycles. The van der Waals surface area contributed by atoms with Gasteiger partial charge in [-0.2, -0.15) is 5.10 Å². The number of amides is 2. The second-order valence-electron chi connectivity index (χ2n) is 7.58. The Morgan fingerprint density at radius 1 is 1.19 bits per heavy atom. The Bertz CT molecular complexity index is 845. The average Bonchev–Trinajstić information content (AvgIpc) is 2.86. The summed E-state index contributed by atoms with van der Waals surface area (Å²) in [6, 6.07) is 12.0. The van der Waals surface area contributed by atoms with Crippen molar-refractivity contribution in [1.82, 2.24) is 19.6 Å². The lowest BCUT2D eigenvalue weighted by atomic mass is 9.93. The van der Waals surface area contributed by atoms with Gasteiger partial charge in [0.2, 0.25) is 5.91 Å². The standard InChI is InChI=1S/C21H26N4O2/c1-3-25-19(11-15(2)22-25)21(27)23-13-17-9-10-18(14-23)24(20(17)26)12-16-7-5-4-6-8-16/h4-8,11,17-18H,3,9-10,12-14H2,1-2H3/t17-,18+/m1/s1. The van der Waals surface area contributed by atoms with Crippen molar-refractivity contribution in [3.63, 3.8) is 0 Å². The molecule has 3 aliphatic heterocycles. The summed E-state index contributed by atoms with van der Waals surface area (Å²) in [6.07, 6.45) is 1.82. The summed E-state index contributed by atoms with van der Waals surface area (Å²) >= 11 is 0. The molecule has 27 heavy (non-hydrogen) atoms. The summed E-state index contributed by atoms with van der Waals surface area (Å²) in [6.45, 7) is 6.28. The van der Waals surface area contributed by atoms with Gasteiger partial charge in [-0.3, -0.25) is 14.3 Å². The summed E-state index contributed by atoms with van der Waals surface area (Å²) in [5, 5.41) is 4.40. The van der Waals surface area contributed by atoms with Crippen LogP contribution in [0.4, 0.5) is 0 Å². The minimum Gasteiger partial charge on any atom is -0.334 e. The Hall–Kier alpha value is -2.63. The smallest absolute Gasteiger partial charge is 0.272 e. The van der Waals surface area contributed by atoms with Crippen LogP contribution >= 0.6 is 0 Å². The number of nitrogens with zero attached hydrogens (tertiary/aromatic N) is 4. The third-order valence-corrected chi connectivity index (χ3v) is 5.70. The molecule has 0 saturated carbocycles. The van der Waals surface area contributed by atoms with Gasteiger partial charge in [0, 0.05) is 32.2 Å². The molecule has 0 spiro atoms. The second kappa shape index (κ2) is 7.18. The maximum atomic E-state index is 13.2. The molecule has 0 aliphatic carbocycles. The van der Waals surface area contributed by atoms with Gasteiger partial charge in [0.25, 0.3) is 5.91 Å². The number of aryl methyl sites for hydroxylation is 2. The zero-order valence-corrected chi connectivity index (χ0v) is 16.0. The van der Waals surface area contributed by atoms with Gasteiger partial charge in [0.05, 0.1) is 11.6 Å². The fraction of sp³-hybridized carbons (Fsp3) is 0.476. The van der Waals surface area contributed by atoms with E-state index in [1.54, 1.807) is 4.68 Å². The summed E-state index contributed by atoms with van der Waals surface area (Å²) < 4.78 is 1.76. The lowest BCUT2D eigenvalue weighted by Crippen LogP contribution is -2.47. The molecule has 3 aliphatic rings. The summed E-state index contributed by atoms with van der Waals surface area (Å²) in [5.41, 5.74) is 2.61. The van der Waals surface area contributed by atoms with Crippen molar-refractivity contribution in [1.29, 1.82) is 0 Å². The van der Waals surface area contributed by atoms with E-state index in [0.717, 1.165) is 24.1 Å². The van der Waals surface area contributed by atoms with E-state index in [2.05, 4.69) is 17.2 Å². The molecule has 142 valence electrons. The molecule has 1 aromatic carbocycles. The van der Waals surface area contributed by atoms with Gasteiger partial charge in [-0.1, -0.05) is 30.3 Å². The van der Waals surface area contributed by atoms with Crippen LogP contribution in [0.15, 0.2) is 36.4 Å². The van der Waals surface area contributed by atoms with Crippen LogP contribution in [-0.2, 0) is 17.9 Å². The molecule has 5 rings (SSSR count). The predicted octanol–water partition coefficient (Wildman–Crippen LogP) is 2.47. The highest BCUT2D eigenvalue weighted by Crippen LogP contribution is 2.31. The zero-order chi connectivity index (χ0) is 19.0. The minimum absolute atomic E-state index is 0.0105. The Morgan fingerprint density at radius 2 is 1.96 bits per heavy atom. The topological polar surface area (TPSA) is 58.4 Å². The number of rotatable bonds is 4. The first-order chi connectivity index (χ1) is 13.1. The average molecular weight is 366 g/mol. The molecule has 6 heteroatoms. The van der Waals surface area contributed by atoms with E-state index >= 15 is 0 Å². The highest BCUT2D eigenvalue weighted by Gasteiger charge is 2.42. The zero-order valence-electron chi connectivity index (χ0n) is 16.0. The van der Waals surface area contributed by atoms with Crippen LogP contribution in [-0.4, -0.2) is 50.5 Å². The molecule has 4 heterocycles. The van der Waals surface area contributed by atoms with Crippen molar-refractivity contribution in [2.45, 2.75) is 45.8 Å². The highest BCUT2D eigenvalue weighted by molar-refractivity contribution is 5.93. The predicted molar refractivity (Wildman–Crippen MR) is 102 cm³/mol. The van der Waals surface area contributed by atoms with E-state index in [9.17, 15) is 9.59 Å². The van der Waals surface area contributed by atoms with Gasteiger partial charge in [-0.05, 0) is 38.3 Å². The van der Waals surface area contributed by atoms with Crippen molar-refractivity contribution >= 4 is 11.8 Å². The highest BCUT2D eigenvalue weighted by atomic mass is 16.2. The number of hydrogen-bond donors (Lipinski definition) is 0. The Labute approximate surface area is 159 Å². The van der Waals surface area contributed by atoms with E-state index < -0.39 is 0 Å². The number of fused-ring (bicyclic) bond motifs is 4. The molecule has 0 N–H and O–H groups in total. The molecule has 0 unspecified atom stereocenters. The van der Waals surface area contributed by atoms with Gasteiger partial charge >= 0.3 is 0 Å². The Kier molecular flexibility index (Phi) is 4.72. The van der Waals surface area contributed by atoms with Crippen LogP contribution in [0.3, 0.4) is 0 Å². The third-order valence-electron chi connectivity index (χ3n) is 5.70. The Balaban J connectivity index is 1.57. The summed E-state index contributed by atoms with van der Waals surface area (Å²) in [4.78, 5) is 30.0. The molecular formula is C21H26N4O2. The monoisotopic (exact) mass is 366 g/mol. The normalized spacial score (nSPS) is 22.2. The molecule has 3 saturated heterocycles. The van der Waals surface area contributed by atoms with Gasteiger partial charge in [-0.15, -0.1) is 0 Å². The van der Waals surface area contributed by atoms with Crippen molar-refractivity contribution in [2.24, 2.45) is 5.92 Å². The van der Waals surface area contributed by atoms with Gasteiger partial charge in [0.15, 0.2) is 0 Å². The maximum Gasteiger partial charge on any atom is 0.272 e. The lowest BCUT2D eigenvalue weighted by molar-refractivity contribution is -0.140. The van der Waals surface area contributed by atoms with Crippen LogP contribution in [0.2, 0.25) is 0 Å². The second-order valence-corrected chi connectivity index (χ2v) is 7.58. The first-order valence-corrected chi connectivity index (χ1v) is 9.75. The number of carbonyl (C=O) groups excluding carboxylic acids is 2.